The Bertz CT molecular complexity index is 680. The number of aromatic nitrogens is 2. The Labute approximate surface area is 126 Å². The Morgan fingerprint density at radius 3 is 3.00 bits per heavy atom. The summed E-state index contributed by atoms with van der Waals surface area (Å²) in [6, 6.07) is 3.03. The van der Waals surface area contributed by atoms with Gasteiger partial charge in [0.2, 0.25) is 5.52 Å². The molecule has 1 aliphatic heterocycles. The lowest BCUT2D eigenvalue weighted by Gasteiger charge is -2.29. The molecule has 3 rings (SSSR count). The summed E-state index contributed by atoms with van der Waals surface area (Å²) in [5.74, 6) is 0. The van der Waals surface area contributed by atoms with E-state index in [2.05, 4.69) is 25.6 Å². The molecule has 22 heavy (non-hydrogen) atoms. The summed E-state index contributed by atoms with van der Waals surface area (Å²) < 4.78 is 9.96. The predicted octanol–water partition coefficient (Wildman–Crippen LogP) is 1.31. The van der Waals surface area contributed by atoms with E-state index < -0.39 is 4.92 Å². The minimum absolute atomic E-state index is 0.118. The molecule has 118 valence electrons. The lowest BCUT2D eigenvalue weighted by Crippen LogP contribution is -2.49. The van der Waals surface area contributed by atoms with E-state index in [0.717, 1.165) is 19.4 Å². The molecule has 1 saturated heterocycles. The largest absolute Gasteiger partial charge is 0.383 e. The van der Waals surface area contributed by atoms with Crippen LogP contribution in [0.4, 0.5) is 11.4 Å². The molecule has 2 aromatic rings. The number of methoxy groups -OCH3 is 1. The first-order valence-electron chi connectivity index (χ1n) is 7.03. The summed E-state index contributed by atoms with van der Waals surface area (Å²) in [5, 5.41) is 25.1. The number of nitro groups is 1. The second-order valence-electron chi connectivity index (χ2n) is 5.45. The molecule has 2 N–H and O–H groups in total. The number of nitrogens with zero attached hydrogens (tertiary/aromatic N) is 3. The van der Waals surface area contributed by atoms with Crippen LogP contribution in [0.2, 0.25) is 0 Å². The number of nitro benzene ring substituents is 1. The van der Waals surface area contributed by atoms with Gasteiger partial charge in [0.25, 0.3) is 0 Å². The predicted molar refractivity (Wildman–Crippen MR) is 78.8 cm³/mol. The summed E-state index contributed by atoms with van der Waals surface area (Å²) in [7, 11) is 1.67. The van der Waals surface area contributed by atoms with Gasteiger partial charge in [-0.1, -0.05) is 0 Å². The molecule has 0 aliphatic carbocycles. The average Bonchev–Trinajstić information content (AvgIpc) is 3.14. The normalized spacial score (nSPS) is 21.3. The van der Waals surface area contributed by atoms with Crippen molar-refractivity contribution >= 4 is 22.4 Å². The van der Waals surface area contributed by atoms with E-state index in [1.165, 1.54) is 6.07 Å². The van der Waals surface area contributed by atoms with Crippen LogP contribution in [0.1, 0.15) is 12.8 Å². The number of fused-ring (bicyclic) bond motifs is 1. The van der Waals surface area contributed by atoms with Gasteiger partial charge in [-0.25, -0.2) is 4.63 Å². The molecule has 9 nitrogen and oxygen atoms in total. The molecule has 1 aromatic heterocycles. The molecule has 0 amide bonds. The molecule has 0 spiro atoms. The van der Waals surface area contributed by atoms with Crippen molar-refractivity contribution in [2.45, 2.75) is 18.4 Å². The Balaban J connectivity index is 1.84. The van der Waals surface area contributed by atoms with E-state index in [4.69, 9.17) is 4.74 Å². The zero-order valence-corrected chi connectivity index (χ0v) is 12.2. The van der Waals surface area contributed by atoms with E-state index in [0.29, 0.717) is 24.4 Å². The van der Waals surface area contributed by atoms with Gasteiger partial charge in [-0.15, -0.1) is 0 Å². The van der Waals surface area contributed by atoms with E-state index >= 15 is 0 Å². The Kier molecular flexibility index (Phi) is 3.90. The second kappa shape index (κ2) is 5.85. The van der Waals surface area contributed by atoms with Gasteiger partial charge in [0.15, 0.2) is 5.52 Å². The molecule has 2 heterocycles. The fourth-order valence-electron chi connectivity index (χ4n) is 2.88. The van der Waals surface area contributed by atoms with E-state index in [1.54, 1.807) is 13.2 Å². The third-order valence-corrected chi connectivity index (χ3v) is 3.96. The summed E-state index contributed by atoms with van der Waals surface area (Å²) in [6.07, 6.45) is 2.09. The van der Waals surface area contributed by atoms with Crippen LogP contribution < -0.4 is 10.6 Å². The first-order chi connectivity index (χ1) is 10.7. The summed E-state index contributed by atoms with van der Waals surface area (Å²) in [4.78, 5) is 10.5. The fraction of sp³-hybridized carbons (Fsp3) is 0.538. The number of hydrogen-bond donors (Lipinski definition) is 2. The van der Waals surface area contributed by atoms with Crippen LogP contribution >= 0.6 is 0 Å². The van der Waals surface area contributed by atoms with Crippen molar-refractivity contribution in [1.29, 1.82) is 0 Å². The minimum atomic E-state index is -0.499. The lowest BCUT2D eigenvalue weighted by atomic mass is 9.98. The molecule has 9 heteroatoms. The molecule has 1 fully saturated rings. The van der Waals surface area contributed by atoms with Gasteiger partial charge in [0.05, 0.1) is 22.8 Å². The summed E-state index contributed by atoms with van der Waals surface area (Å²) in [5.41, 5.74) is 0.911. The minimum Gasteiger partial charge on any atom is -0.383 e. The van der Waals surface area contributed by atoms with Crippen molar-refractivity contribution in [2.24, 2.45) is 0 Å². The van der Waals surface area contributed by atoms with Gasteiger partial charge in [-0.05, 0) is 35.8 Å². The number of anilines is 1. The molecule has 1 atom stereocenters. The van der Waals surface area contributed by atoms with Gasteiger partial charge >= 0.3 is 5.69 Å². The standard InChI is InChI=1S/C13H17N5O4/c1-21-8-13(5-2-6-15-13)7-14-9-3-4-10(18(19)20)12-11(9)16-22-17-12/h3-4,14-15H,2,5-8H2,1H3. The van der Waals surface area contributed by atoms with E-state index in [1.807, 2.05) is 0 Å². The lowest BCUT2D eigenvalue weighted by molar-refractivity contribution is -0.383. The van der Waals surface area contributed by atoms with Gasteiger partial charge in [-0.3, -0.25) is 10.1 Å². The fourth-order valence-corrected chi connectivity index (χ4v) is 2.88. The molecule has 1 aromatic carbocycles. The van der Waals surface area contributed by atoms with Gasteiger partial charge in [0.1, 0.15) is 0 Å². The van der Waals surface area contributed by atoms with Crippen LogP contribution in [0.3, 0.4) is 0 Å². The first kappa shape index (κ1) is 14.7. The number of ether oxygens (including phenoxy) is 1. The molecule has 0 radical (unpaired) electrons. The quantitative estimate of drug-likeness (QED) is 0.606. The van der Waals surface area contributed by atoms with Crippen LogP contribution in [-0.4, -0.2) is 47.6 Å². The molecule has 0 bridgehead atoms. The van der Waals surface area contributed by atoms with Crippen molar-refractivity contribution in [3.63, 3.8) is 0 Å². The third-order valence-electron chi connectivity index (χ3n) is 3.96. The number of benzene rings is 1. The van der Waals surface area contributed by atoms with Crippen molar-refractivity contribution in [3.05, 3.63) is 22.2 Å². The van der Waals surface area contributed by atoms with E-state index in [9.17, 15) is 10.1 Å². The van der Waals surface area contributed by atoms with Crippen molar-refractivity contribution in [1.82, 2.24) is 15.6 Å². The maximum atomic E-state index is 11.0. The van der Waals surface area contributed by atoms with Crippen molar-refractivity contribution in [2.75, 3.05) is 32.1 Å². The molecular weight excluding hydrogens is 290 g/mol. The number of hydrogen-bond acceptors (Lipinski definition) is 8. The number of rotatable bonds is 6. The van der Waals surface area contributed by atoms with Crippen LogP contribution in [0, 0.1) is 10.1 Å². The van der Waals surface area contributed by atoms with Gasteiger partial charge in [-0.2, -0.15) is 0 Å². The zero-order valence-electron chi connectivity index (χ0n) is 12.2. The maximum absolute atomic E-state index is 11.0. The highest BCUT2D eigenvalue weighted by Gasteiger charge is 2.33. The smallest absolute Gasteiger partial charge is 0.300 e. The van der Waals surface area contributed by atoms with Crippen LogP contribution in [0.5, 0.6) is 0 Å². The average molecular weight is 307 g/mol. The highest BCUT2D eigenvalue weighted by molar-refractivity contribution is 5.93. The van der Waals surface area contributed by atoms with Crippen molar-refractivity contribution < 1.29 is 14.3 Å². The Morgan fingerprint density at radius 2 is 2.32 bits per heavy atom. The third kappa shape index (κ3) is 2.60. The number of non-ortho nitro benzene ring substituents is 1. The first-order valence-corrected chi connectivity index (χ1v) is 7.03. The van der Waals surface area contributed by atoms with E-state index in [-0.39, 0.29) is 16.7 Å². The summed E-state index contributed by atoms with van der Waals surface area (Å²) in [6.45, 7) is 2.17. The monoisotopic (exact) mass is 307 g/mol. The second-order valence-corrected chi connectivity index (χ2v) is 5.45. The zero-order chi connectivity index (χ0) is 15.6. The maximum Gasteiger partial charge on any atom is 0.300 e. The number of nitrogens with one attached hydrogen (secondary N) is 2. The Hall–Kier alpha value is -2.26. The molecule has 1 unspecified atom stereocenters. The molecule has 0 saturated carbocycles. The highest BCUT2D eigenvalue weighted by atomic mass is 16.6. The van der Waals surface area contributed by atoms with Crippen LogP contribution in [0.25, 0.3) is 11.0 Å². The van der Waals surface area contributed by atoms with Crippen LogP contribution in [0.15, 0.2) is 16.8 Å². The Morgan fingerprint density at radius 1 is 1.50 bits per heavy atom. The summed E-state index contributed by atoms with van der Waals surface area (Å²) >= 11 is 0. The highest BCUT2D eigenvalue weighted by Crippen LogP contribution is 2.29. The van der Waals surface area contributed by atoms with Gasteiger partial charge < -0.3 is 15.4 Å². The van der Waals surface area contributed by atoms with Crippen molar-refractivity contribution in [3.8, 4) is 0 Å². The molecule has 1 aliphatic rings. The van der Waals surface area contributed by atoms with Crippen LogP contribution in [-0.2, 0) is 4.74 Å². The topological polar surface area (TPSA) is 115 Å². The SMILES string of the molecule is COCC1(CNc2ccc([N+](=O)[O-])c3nonc23)CCCN1. The van der Waals surface area contributed by atoms with Gasteiger partial charge in [0, 0.05) is 19.7 Å². The molecular formula is C13H17N5O4.